The number of urea groups is 1. The smallest absolute Gasteiger partial charge is 0.319 e. The molecule has 0 unspecified atom stereocenters. The number of ether oxygens (including phenoxy) is 1. The number of carbonyl (C=O) groups excluding carboxylic acids is 1. The Bertz CT molecular complexity index is 493. The van der Waals surface area contributed by atoms with Gasteiger partial charge in [-0.1, -0.05) is 38.0 Å². The third kappa shape index (κ3) is 5.14. The van der Waals surface area contributed by atoms with Gasteiger partial charge in [-0.05, 0) is 37.5 Å². The van der Waals surface area contributed by atoms with Crippen LogP contribution in [0.2, 0.25) is 0 Å². The highest BCUT2D eigenvalue weighted by molar-refractivity contribution is 5.91. The van der Waals surface area contributed by atoms with Gasteiger partial charge in [-0.25, -0.2) is 4.79 Å². The van der Waals surface area contributed by atoms with Gasteiger partial charge < -0.3 is 15.4 Å². The summed E-state index contributed by atoms with van der Waals surface area (Å²) in [6.07, 6.45) is 5.81. The van der Waals surface area contributed by atoms with E-state index in [0.29, 0.717) is 24.1 Å². The van der Waals surface area contributed by atoms with Gasteiger partial charge in [0.1, 0.15) is 12.4 Å². The van der Waals surface area contributed by atoms with Crippen LogP contribution in [-0.4, -0.2) is 18.7 Å². The van der Waals surface area contributed by atoms with Gasteiger partial charge in [0.25, 0.3) is 0 Å². The first-order valence-corrected chi connectivity index (χ1v) is 7.59. The number of benzene rings is 1. The largest absolute Gasteiger partial charge is 0.487 e. The van der Waals surface area contributed by atoms with Crippen molar-refractivity contribution in [3.63, 3.8) is 0 Å². The third-order valence-electron chi connectivity index (χ3n) is 3.55. The van der Waals surface area contributed by atoms with Crippen LogP contribution in [0.3, 0.4) is 0 Å². The minimum absolute atomic E-state index is 0.159. The average molecular weight is 288 g/mol. The zero-order valence-corrected chi connectivity index (χ0v) is 12.7. The predicted octanol–water partition coefficient (Wildman–Crippen LogP) is 4.10. The highest BCUT2D eigenvalue weighted by atomic mass is 16.5. The Hall–Kier alpha value is -1.97. The summed E-state index contributed by atoms with van der Waals surface area (Å²) >= 11 is 0. The predicted molar refractivity (Wildman–Crippen MR) is 85.8 cm³/mol. The van der Waals surface area contributed by atoms with Crippen molar-refractivity contribution in [1.82, 2.24) is 5.32 Å². The number of hydrogen-bond donors (Lipinski definition) is 2. The molecule has 2 rings (SSSR count). The average Bonchev–Trinajstić information content (AvgIpc) is 2.47. The van der Waals surface area contributed by atoms with E-state index < -0.39 is 0 Å². The number of anilines is 1. The molecule has 114 valence electrons. The van der Waals surface area contributed by atoms with E-state index >= 15 is 0 Å². The molecule has 1 aromatic rings. The molecule has 0 heterocycles. The van der Waals surface area contributed by atoms with Gasteiger partial charge in [-0.2, -0.15) is 0 Å². The highest BCUT2D eigenvalue weighted by Gasteiger charge is 2.16. The normalized spacial score (nSPS) is 15.3. The van der Waals surface area contributed by atoms with Gasteiger partial charge >= 0.3 is 6.03 Å². The Labute approximate surface area is 126 Å². The maximum Gasteiger partial charge on any atom is 0.319 e. The molecule has 0 spiro atoms. The fourth-order valence-electron chi connectivity index (χ4n) is 2.49. The van der Waals surface area contributed by atoms with Crippen LogP contribution in [0.1, 0.15) is 39.0 Å². The Kier molecular flexibility index (Phi) is 5.67. The molecule has 4 nitrogen and oxygen atoms in total. The monoisotopic (exact) mass is 288 g/mol. The van der Waals surface area contributed by atoms with E-state index in [2.05, 4.69) is 17.2 Å². The van der Waals surface area contributed by atoms with Crippen molar-refractivity contribution in [2.45, 2.75) is 45.1 Å². The standard InChI is InChI=1S/C17H24N2O2/c1-13(2)12-21-16-11-7-6-10-15(16)19-17(20)18-14-8-4-3-5-9-14/h6-7,10-11,14H,1,3-5,8-9,12H2,2H3,(H2,18,19,20). The van der Waals surface area contributed by atoms with Crippen LogP contribution in [0.5, 0.6) is 5.75 Å². The van der Waals surface area contributed by atoms with Crippen LogP contribution >= 0.6 is 0 Å². The summed E-state index contributed by atoms with van der Waals surface area (Å²) in [7, 11) is 0. The molecule has 1 fully saturated rings. The summed E-state index contributed by atoms with van der Waals surface area (Å²) in [6, 6.07) is 7.59. The molecule has 0 saturated heterocycles. The summed E-state index contributed by atoms with van der Waals surface area (Å²) in [6.45, 7) is 6.17. The molecule has 0 aliphatic heterocycles. The first kappa shape index (κ1) is 15.4. The molecule has 2 amide bonds. The number of nitrogens with one attached hydrogen (secondary N) is 2. The summed E-state index contributed by atoms with van der Waals surface area (Å²) in [5.74, 6) is 0.666. The summed E-state index contributed by atoms with van der Waals surface area (Å²) in [4.78, 5) is 12.1. The molecular weight excluding hydrogens is 264 g/mol. The van der Waals surface area contributed by atoms with E-state index in [4.69, 9.17) is 4.74 Å². The van der Waals surface area contributed by atoms with Crippen molar-refractivity contribution >= 4 is 11.7 Å². The zero-order chi connectivity index (χ0) is 15.1. The van der Waals surface area contributed by atoms with Crippen LogP contribution in [0.25, 0.3) is 0 Å². The van der Waals surface area contributed by atoms with Crippen molar-refractivity contribution < 1.29 is 9.53 Å². The molecular formula is C17H24N2O2. The van der Waals surface area contributed by atoms with Crippen LogP contribution in [0.15, 0.2) is 36.4 Å². The number of carbonyl (C=O) groups is 1. The van der Waals surface area contributed by atoms with Gasteiger partial charge in [0.05, 0.1) is 5.69 Å². The van der Waals surface area contributed by atoms with Gasteiger partial charge in [-0.3, -0.25) is 0 Å². The van der Waals surface area contributed by atoms with Crippen LogP contribution in [-0.2, 0) is 0 Å². The number of amides is 2. The summed E-state index contributed by atoms with van der Waals surface area (Å²) in [5.41, 5.74) is 1.63. The maximum absolute atomic E-state index is 12.1. The lowest BCUT2D eigenvalue weighted by atomic mass is 9.96. The molecule has 1 aliphatic carbocycles. The first-order chi connectivity index (χ1) is 10.1. The second kappa shape index (κ2) is 7.72. The molecule has 0 atom stereocenters. The van der Waals surface area contributed by atoms with Gasteiger partial charge in [0.15, 0.2) is 0 Å². The third-order valence-corrected chi connectivity index (χ3v) is 3.55. The molecule has 1 saturated carbocycles. The lowest BCUT2D eigenvalue weighted by Crippen LogP contribution is -2.39. The molecule has 1 aromatic carbocycles. The van der Waals surface area contributed by atoms with Gasteiger partial charge in [-0.15, -0.1) is 0 Å². The topological polar surface area (TPSA) is 50.4 Å². The molecule has 21 heavy (non-hydrogen) atoms. The van der Waals surface area contributed by atoms with Crippen molar-refractivity contribution in [1.29, 1.82) is 0 Å². The molecule has 1 aliphatic rings. The Morgan fingerprint density at radius 1 is 1.29 bits per heavy atom. The Balaban J connectivity index is 1.91. The fourth-order valence-corrected chi connectivity index (χ4v) is 2.49. The maximum atomic E-state index is 12.1. The lowest BCUT2D eigenvalue weighted by Gasteiger charge is -2.23. The minimum Gasteiger partial charge on any atom is -0.487 e. The van der Waals surface area contributed by atoms with Crippen LogP contribution < -0.4 is 15.4 Å². The summed E-state index contributed by atoms with van der Waals surface area (Å²) < 4.78 is 5.65. The van der Waals surface area contributed by atoms with Crippen molar-refractivity contribution in [3.05, 3.63) is 36.4 Å². The molecule has 0 radical (unpaired) electrons. The van der Waals surface area contributed by atoms with Crippen LogP contribution in [0.4, 0.5) is 10.5 Å². The molecule has 2 N–H and O–H groups in total. The zero-order valence-electron chi connectivity index (χ0n) is 12.7. The van der Waals surface area contributed by atoms with E-state index in [1.165, 1.54) is 19.3 Å². The molecule has 4 heteroatoms. The van der Waals surface area contributed by atoms with E-state index in [9.17, 15) is 4.79 Å². The van der Waals surface area contributed by atoms with Crippen molar-refractivity contribution in [2.24, 2.45) is 0 Å². The fraction of sp³-hybridized carbons (Fsp3) is 0.471. The van der Waals surface area contributed by atoms with E-state index in [1.807, 2.05) is 31.2 Å². The molecule has 0 aromatic heterocycles. The second-order valence-corrected chi connectivity index (χ2v) is 5.68. The quantitative estimate of drug-likeness (QED) is 0.802. The van der Waals surface area contributed by atoms with Gasteiger partial charge in [0.2, 0.25) is 0 Å². The first-order valence-electron chi connectivity index (χ1n) is 7.59. The lowest BCUT2D eigenvalue weighted by molar-refractivity contribution is 0.244. The molecule has 0 bridgehead atoms. The van der Waals surface area contributed by atoms with Crippen molar-refractivity contribution in [2.75, 3.05) is 11.9 Å². The second-order valence-electron chi connectivity index (χ2n) is 5.68. The van der Waals surface area contributed by atoms with Crippen molar-refractivity contribution in [3.8, 4) is 5.75 Å². The Morgan fingerprint density at radius 3 is 2.71 bits per heavy atom. The summed E-state index contributed by atoms with van der Waals surface area (Å²) in [5, 5.41) is 5.91. The number of para-hydroxylation sites is 2. The number of rotatable bonds is 5. The Morgan fingerprint density at radius 2 is 2.00 bits per heavy atom. The minimum atomic E-state index is -0.159. The number of hydrogen-bond acceptors (Lipinski definition) is 2. The van der Waals surface area contributed by atoms with Gasteiger partial charge in [0, 0.05) is 6.04 Å². The van der Waals surface area contributed by atoms with E-state index in [0.717, 1.165) is 18.4 Å². The van der Waals surface area contributed by atoms with E-state index in [1.54, 1.807) is 0 Å². The van der Waals surface area contributed by atoms with Crippen LogP contribution in [0, 0.1) is 0 Å². The SMILES string of the molecule is C=C(C)COc1ccccc1NC(=O)NC1CCCCC1. The van der Waals surface area contributed by atoms with E-state index in [-0.39, 0.29) is 6.03 Å². The highest BCUT2D eigenvalue weighted by Crippen LogP contribution is 2.24.